The van der Waals surface area contributed by atoms with Crippen LogP contribution in [0.2, 0.25) is 0 Å². The molecule has 13 heavy (non-hydrogen) atoms. The summed E-state index contributed by atoms with van der Waals surface area (Å²) < 4.78 is 5.50. The van der Waals surface area contributed by atoms with Crippen LogP contribution >= 0.6 is 11.6 Å². The summed E-state index contributed by atoms with van der Waals surface area (Å²) in [6, 6.07) is 7.26. The van der Waals surface area contributed by atoms with Crippen LogP contribution in [-0.2, 0) is 0 Å². The number of carbonyl (C=O) groups is 1. The number of carbonyl (C=O) groups excluding carboxylic acids is 1. The first-order valence-electron chi connectivity index (χ1n) is 4.16. The Morgan fingerprint density at radius 1 is 1.46 bits per heavy atom. The molecular formula is C10H9ClO2. The average molecular weight is 197 g/mol. The Bertz CT molecular complexity index is 335. The third kappa shape index (κ3) is 1.54. The molecule has 3 heteroatoms. The number of fused-ring (bicyclic) bond motifs is 1. The highest BCUT2D eigenvalue weighted by molar-refractivity contribution is 6.18. The predicted molar refractivity (Wildman–Crippen MR) is 50.5 cm³/mol. The standard InChI is InChI=1S/C10H9ClO2/c11-6-7-5-9(12)8-3-1-2-4-10(8)13-7/h1-4,7H,5-6H2/t7-/m1/s1. The summed E-state index contributed by atoms with van der Waals surface area (Å²) in [4.78, 5) is 11.5. The zero-order valence-electron chi connectivity index (χ0n) is 7.00. The number of Topliss-reactive ketones (excluding diaryl/α,β-unsaturated/α-hetero) is 1. The van der Waals surface area contributed by atoms with E-state index in [0.717, 1.165) is 0 Å². The Balaban J connectivity index is 2.37. The van der Waals surface area contributed by atoms with Crippen molar-refractivity contribution in [3.05, 3.63) is 29.8 Å². The van der Waals surface area contributed by atoms with E-state index in [9.17, 15) is 4.79 Å². The first-order valence-corrected chi connectivity index (χ1v) is 4.69. The molecule has 1 atom stereocenters. The van der Waals surface area contributed by atoms with Gasteiger partial charge in [0, 0.05) is 6.42 Å². The molecule has 0 saturated heterocycles. The van der Waals surface area contributed by atoms with Gasteiger partial charge in [-0.2, -0.15) is 0 Å². The number of hydrogen-bond acceptors (Lipinski definition) is 2. The van der Waals surface area contributed by atoms with Crippen molar-refractivity contribution in [1.82, 2.24) is 0 Å². The number of halogens is 1. The van der Waals surface area contributed by atoms with Crippen LogP contribution in [0.5, 0.6) is 5.75 Å². The summed E-state index contributed by atoms with van der Waals surface area (Å²) in [6.45, 7) is 0. The maximum Gasteiger partial charge on any atom is 0.170 e. The van der Waals surface area contributed by atoms with Gasteiger partial charge < -0.3 is 4.74 Å². The highest BCUT2D eigenvalue weighted by Crippen LogP contribution is 2.27. The van der Waals surface area contributed by atoms with Gasteiger partial charge in [-0.1, -0.05) is 12.1 Å². The second kappa shape index (κ2) is 3.38. The Labute approximate surface area is 81.5 Å². The summed E-state index contributed by atoms with van der Waals surface area (Å²) >= 11 is 5.63. The maximum atomic E-state index is 11.5. The van der Waals surface area contributed by atoms with Gasteiger partial charge in [-0.05, 0) is 12.1 Å². The van der Waals surface area contributed by atoms with E-state index in [1.807, 2.05) is 12.1 Å². The first-order chi connectivity index (χ1) is 6.31. The summed E-state index contributed by atoms with van der Waals surface area (Å²) in [5, 5.41) is 0. The molecule has 1 aromatic rings. The van der Waals surface area contributed by atoms with Crippen molar-refractivity contribution in [3.8, 4) is 5.75 Å². The second-order valence-corrected chi connectivity index (χ2v) is 3.33. The minimum Gasteiger partial charge on any atom is -0.488 e. The van der Waals surface area contributed by atoms with Gasteiger partial charge in [0.15, 0.2) is 5.78 Å². The van der Waals surface area contributed by atoms with Crippen molar-refractivity contribution < 1.29 is 9.53 Å². The summed E-state index contributed by atoms with van der Waals surface area (Å²) in [5.74, 6) is 1.14. The Morgan fingerprint density at radius 2 is 2.23 bits per heavy atom. The number of para-hydroxylation sites is 1. The van der Waals surface area contributed by atoms with Gasteiger partial charge in [0.05, 0.1) is 11.4 Å². The van der Waals surface area contributed by atoms with E-state index in [1.54, 1.807) is 12.1 Å². The number of rotatable bonds is 1. The highest BCUT2D eigenvalue weighted by atomic mass is 35.5. The molecule has 0 bridgehead atoms. The average Bonchev–Trinajstić information content (AvgIpc) is 2.18. The van der Waals surface area contributed by atoms with Gasteiger partial charge in [-0.25, -0.2) is 0 Å². The van der Waals surface area contributed by atoms with Gasteiger partial charge in [-0.15, -0.1) is 11.6 Å². The van der Waals surface area contributed by atoms with Gasteiger partial charge in [0.2, 0.25) is 0 Å². The molecule has 0 spiro atoms. The number of benzene rings is 1. The molecule has 0 fully saturated rings. The minimum absolute atomic E-state index is 0.118. The fourth-order valence-corrected chi connectivity index (χ4v) is 1.60. The van der Waals surface area contributed by atoms with Crippen molar-refractivity contribution >= 4 is 17.4 Å². The molecule has 2 nitrogen and oxygen atoms in total. The van der Waals surface area contributed by atoms with E-state index in [0.29, 0.717) is 23.6 Å². The van der Waals surface area contributed by atoms with E-state index in [4.69, 9.17) is 16.3 Å². The quantitative estimate of drug-likeness (QED) is 0.644. The van der Waals surface area contributed by atoms with Crippen LogP contribution in [0.15, 0.2) is 24.3 Å². The van der Waals surface area contributed by atoms with E-state index < -0.39 is 0 Å². The molecule has 0 unspecified atom stereocenters. The van der Waals surface area contributed by atoms with Crippen LogP contribution in [0.4, 0.5) is 0 Å². The zero-order valence-corrected chi connectivity index (χ0v) is 7.75. The molecule has 0 saturated carbocycles. The molecule has 1 aromatic carbocycles. The smallest absolute Gasteiger partial charge is 0.170 e. The Hall–Kier alpha value is -1.02. The fourth-order valence-electron chi connectivity index (χ4n) is 1.42. The summed E-state index contributed by atoms with van der Waals surface area (Å²) in [5.41, 5.74) is 0.670. The van der Waals surface area contributed by atoms with Crippen LogP contribution < -0.4 is 4.74 Å². The molecule has 1 heterocycles. The molecule has 0 radical (unpaired) electrons. The number of alkyl halides is 1. The van der Waals surface area contributed by atoms with E-state index in [1.165, 1.54) is 0 Å². The van der Waals surface area contributed by atoms with Crippen LogP contribution in [0.25, 0.3) is 0 Å². The van der Waals surface area contributed by atoms with Crippen LogP contribution in [0.3, 0.4) is 0 Å². The molecular weight excluding hydrogens is 188 g/mol. The number of hydrogen-bond donors (Lipinski definition) is 0. The molecule has 2 rings (SSSR count). The molecule has 0 amide bonds. The van der Waals surface area contributed by atoms with Crippen LogP contribution in [0.1, 0.15) is 16.8 Å². The van der Waals surface area contributed by atoms with E-state index >= 15 is 0 Å². The molecule has 1 aliphatic rings. The summed E-state index contributed by atoms with van der Waals surface area (Å²) in [7, 11) is 0. The van der Waals surface area contributed by atoms with Crippen molar-refractivity contribution in [1.29, 1.82) is 0 Å². The second-order valence-electron chi connectivity index (χ2n) is 3.02. The Kier molecular flexibility index (Phi) is 2.23. The number of ether oxygens (including phenoxy) is 1. The van der Waals surface area contributed by atoms with Crippen molar-refractivity contribution in [2.45, 2.75) is 12.5 Å². The largest absolute Gasteiger partial charge is 0.488 e. The number of ketones is 1. The Morgan fingerprint density at radius 3 is 3.00 bits per heavy atom. The first kappa shape index (κ1) is 8.57. The molecule has 68 valence electrons. The normalized spacial score (nSPS) is 20.7. The SMILES string of the molecule is O=C1C[C@H](CCl)Oc2ccccc21. The highest BCUT2D eigenvalue weighted by Gasteiger charge is 2.24. The van der Waals surface area contributed by atoms with Gasteiger partial charge in [-0.3, -0.25) is 4.79 Å². The topological polar surface area (TPSA) is 26.3 Å². The predicted octanol–water partition coefficient (Wildman–Crippen LogP) is 2.26. The van der Waals surface area contributed by atoms with Crippen LogP contribution in [-0.4, -0.2) is 17.8 Å². The lowest BCUT2D eigenvalue weighted by Crippen LogP contribution is -2.28. The van der Waals surface area contributed by atoms with Crippen molar-refractivity contribution in [3.63, 3.8) is 0 Å². The van der Waals surface area contributed by atoms with E-state index in [-0.39, 0.29) is 11.9 Å². The monoisotopic (exact) mass is 196 g/mol. The van der Waals surface area contributed by atoms with Gasteiger partial charge in [0.1, 0.15) is 11.9 Å². The zero-order chi connectivity index (χ0) is 9.26. The van der Waals surface area contributed by atoms with Gasteiger partial charge in [0.25, 0.3) is 0 Å². The van der Waals surface area contributed by atoms with E-state index in [2.05, 4.69) is 0 Å². The molecule has 0 N–H and O–H groups in total. The molecule has 1 aliphatic heterocycles. The van der Waals surface area contributed by atoms with Crippen molar-refractivity contribution in [2.75, 3.05) is 5.88 Å². The van der Waals surface area contributed by atoms with Crippen molar-refractivity contribution in [2.24, 2.45) is 0 Å². The lowest BCUT2D eigenvalue weighted by Gasteiger charge is -2.23. The molecule has 0 aliphatic carbocycles. The minimum atomic E-state index is -0.163. The summed E-state index contributed by atoms with van der Waals surface area (Å²) in [6.07, 6.45) is 0.226. The van der Waals surface area contributed by atoms with Crippen LogP contribution in [0, 0.1) is 0 Å². The maximum absolute atomic E-state index is 11.5. The molecule has 0 aromatic heterocycles. The lowest BCUT2D eigenvalue weighted by atomic mass is 10.0. The third-order valence-corrected chi connectivity index (χ3v) is 2.41. The third-order valence-electron chi connectivity index (χ3n) is 2.07. The fraction of sp³-hybridized carbons (Fsp3) is 0.300. The lowest BCUT2D eigenvalue weighted by molar-refractivity contribution is 0.0874. The van der Waals surface area contributed by atoms with Gasteiger partial charge >= 0.3 is 0 Å².